The summed E-state index contributed by atoms with van der Waals surface area (Å²) in [6.07, 6.45) is 3.13. The average molecular weight is 535 g/mol. The number of benzene rings is 1. The van der Waals surface area contributed by atoms with Crippen molar-refractivity contribution in [1.29, 1.82) is 0 Å². The van der Waals surface area contributed by atoms with Gasteiger partial charge < -0.3 is 26.0 Å². The molecule has 11 nitrogen and oxygen atoms in total. The molecule has 1 aromatic heterocycles. The SMILES string of the molecule is O=C(NCC(NS(=O)(=O)c1cccs1)C(=O)O)c1ccc(N2CCC[C@H](NC3=NCCCN3)C2)cc1. The van der Waals surface area contributed by atoms with Crippen molar-refractivity contribution in [3.63, 3.8) is 0 Å². The molecule has 2 atom stereocenters. The lowest BCUT2D eigenvalue weighted by Gasteiger charge is -2.35. The minimum Gasteiger partial charge on any atom is -0.480 e. The maximum Gasteiger partial charge on any atom is 0.323 e. The number of amides is 1. The fourth-order valence-corrected chi connectivity index (χ4v) is 6.31. The fourth-order valence-electron chi connectivity index (χ4n) is 4.11. The zero-order valence-corrected chi connectivity index (χ0v) is 21.3. The van der Waals surface area contributed by atoms with Crippen LogP contribution >= 0.6 is 11.3 Å². The number of carboxylic acid groups (broad SMARTS) is 1. The van der Waals surface area contributed by atoms with Crippen LogP contribution in [0.4, 0.5) is 5.69 Å². The minimum absolute atomic E-state index is 0.00816. The number of hydrogen-bond acceptors (Lipinski definition) is 9. The summed E-state index contributed by atoms with van der Waals surface area (Å²) in [4.78, 5) is 30.9. The molecule has 13 heteroatoms. The van der Waals surface area contributed by atoms with E-state index in [2.05, 4.69) is 30.6 Å². The van der Waals surface area contributed by atoms with E-state index in [1.807, 2.05) is 12.1 Å². The van der Waals surface area contributed by atoms with Crippen LogP contribution in [0.3, 0.4) is 0 Å². The van der Waals surface area contributed by atoms with Gasteiger partial charge in [-0.25, -0.2) is 8.42 Å². The number of carboxylic acids is 1. The van der Waals surface area contributed by atoms with Gasteiger partial charge in [-0.1, -0.05) is 6.07 Å². The number of piperidine rings is 1. The van der Waals surface area contributed by atoms with Gasteiger partial charge in [-0.15, -0.1) is 11.3 Å². The molecular weight excluding hydrogens is 504 g/mol. The molecule has 1 unspecified atom stereocenters. The van der Waals surface area contributed by atoms with E-state index in [9.17, 15) is 23.1 Å². The zero-order chi connectivity index (χ0) is 25.5. The van der Waals surface area contributed by atoms with Crippen molar-refractivity contribution >= 4 is 44.9 Å². The van der Waals surface area contributed by atoms with Crippen LogP contribution in [0.25, 0.3) is 0 Å². The summed E-state index contributed by atoms with van der Waals surface area (Å²) in [5.41, 5.74) is 1.35. The van der Waals surface area contributed by atoms with Crippen molar-refractivity contribution in [3.8, 4) is 0 Å². The first-order chi connectivity index (χ1) is 17.3. The summed E-state index contributed by atoms with van der Waals surface area (Å²) in [6.45, 7) is 3.10. The number of hydrogen-bond donors (Lipinski definition) is 5. The van der Waals surface area contributed by atoms with Gasteiger partial charge in [0.05, 0.1) is 0 Å². The molecule has 36 heavy (non-hydrogen) atoms. The average Bonchev–Trinajstić information content (AvgIpc) is 3.43. The lowest BCUT2D eigenvalue weighted by Crippen LogP contribution is -2.52. The number of aliphatic imine (C=N–C) groups is 1. The number of guanidine groups is 1. The molecule has 0 radical (unpaired) electrons. The number of aliphatic carboxylic acids is 1. The monoisotopic (exact) mass is 534 g/mol. The normalized spacial score (nSPS) is 19.1. The van der Waals surface area contributed by atoms with Crippen LogP contribution < -0.4 is 25.6 Å². The molecule has 1 aromatic carbocycles. The van der Waals surface area contributed by atoms with Gasteiger partial charge in [0.25, 0.3) is 15.9 Å². The van der Waals surface area contributed by atoms with Gasteiger partial charge in [0.1, 0.15) is 10.3 Å². The number of rotatable bonds is 9. The van der Waals surface area contributed by atoms with E-state index in [1.54, 1.807) is 23.6 Å². The molecule has 5 N–H and O–H groups in total. The minimum atomic E-state index is -3.99. The molecule has 194 valence electrons. The molecule has 2 aromatic rings. The number of nitrogens with zero attached hydrogens (tertiary/aromatic N) is 2. The highest BCUT2D eigenvalue weighted by Gasteiger charge is 2.27. The van der Waals surface area contributed by atoms with E-state index in [1.165, 1.54) is 6.07 Å². The summed E-state index contributed by atoms with van der Waals surface area (Å²) in [6, 6.07) is 8.81. The molecule has 4 rings (SSSR count). The molecule has 0 spiro atoms. The molecule has 0 saturated carbocycles. The van der Waals surface area contributed by atoms with Crippen molar-refractivity contribution in [2.45, 2.75) is 35.6 Å². The Morgan fingerprint density at radius 3 is 2.69 bits per heavy atom. The van der Waals surface area contributed by atoms with E-state index in [-0.39, 0.29) is 10.3 Å². The van der Waals surface area contributed by atoms with Crippen molar-refractivity contribution in [1.82, 2.24) is 20.7 Å². The van der Waals surface area contributed by atoms with E-state index < -0.39 is 34.5 Å². The first-order valence-electron chi connectivity index (χ1n) is 11.8. The van der Waals surface area contributed by atoms with Crippen molar-refractivity contribution in [3.05, 3.63) is 47.3 Å². The van der Waals surface area contributed by atoms with Gasteiger partial charge in [-0.3, -0.25) is 14.6 Å². The van der Waals surface area contributed by atoms with E-state index in [0.717, 1.165) is 68.4 Å². The smallest absolute Gasteiger partial charge is 0.323 e. The quantitative estimate of drug-likeness (QED) is 0.317. The summed E-state index contributed by atoms with van der Waals surface area (Å²) >= 11 is 0.979. The molecular formula is C23H30N6O5S2. The number of thiophene rings is 1. The second kappa shape index (κ2) is 11.7. The molecule has 0 bridgehead atoms. The van der Waals surface area contributed by atoms with Gasteiger partial charge in [-0.2, -0.15) is 4.72 Å². The van der Waals surface area contributed by atoms with Crippen LogP contribution in [0.5, 0.6) is 0 Å². The summed E-state index contributed by atoms with van der Waals surface area (Å²) in [5, 5.41) is 20.3. The Morgan fingerprint density at radius 1 is 1.22 bits per heavy atom. The van der Waals surface area contributed by atoms with Crippen LogP contribution in [-0.2, 0) is 14.8 Å². The molecule has 1 fully saturated rings. The van der Waals surface area contributed by atoms with Crippen LogP contribution in [0.2, 0.25) is 0 Å². The molecule has 1 amide bonds. The third kappa shape index (κ3) is 6.74. The third-order valence-corrected chi connectivity index (χ3v) is 8.85. The first kappa shape index (κ1) is 25.9. The van der Waals surface area contributed by atoms with Gasteiger partial charge >= 0.3 is 5.97 Å². The Hall–Kier alpha value is -3.16. The molecule has 2 aliphatic heterocycles. The van der Waals surface area contributed by atoms with Crippen LogP contribution in [-0.4, -0.2) is 76.2 Å². The Balaban J connectivity index is 1.31. The van der Waals surface area contributed by atoms with Gasteiger partial charge in [-0.05, 0) is 55.0 Å². The van der Waals surface area contributed by atoms with E-state index in [0.29, 0.717) is 5.56 Å². The molecule has 1 saturated heterocycles. The van der Waals surface area contributed by atoms with E-state index >= 15 is 0 Å². The van der Waals surface area contributed by atoms with Gasteiger partial charge in [0.15, 0.2) is 5.96 Å². The topological polar surface area (TPSA) is 152 Å². The highest BCUT2D eigenvalue weighted by Crippen LogP contribution is 2.21. The number of nitrogens with one attached hydrogen (secondary N) is 4. The highest BCUT2D eigenvalue weighted by molar-refractivity contribution is 7.91. The Kier molecular flexibility index (Phi) is 8.44. The Morgan fingerprint density at radius 2 is 2.03 bits per heavy atom. The standard InChI is InChI=1S/C23H30N6O5S2/c30-21(26-14-19(22(31)32)28-36(33,34)20-5-2-13-35-20)16-6-8-18(9-7-16)29-12-1-4-17(15-29)27-23-24-10-3-11-25-23/h2,5-9,13,17,19,28H,1,3-4,10-12,14-15H2,(H,26,30)(H,31,32)(H2,24,25,27)/t17-,19?/m0/s1. The summed E-state index contributed by atoms with van der Waals surface area (Å²) in [7, 11) is -3.99. The number of anilines is 1. The van der Waals surface area contributed by atoms with Crippen LogP contribution in [0, 0.1) is 0 Å². The molecule has 0 aliphatic carbocycles. The predicted octanol–water partition coefficient (Wildman–Crippen LogP) is 0.817. The zero-order valence-electron chi connectivity index (χ0n) is 19.6. The predicted molar refractivity (Wildman–Crippen MR) is 138 cm³/mol. The van der Waals surface area contributed by atoms with Crippen LogP contribution in [0.15, 0.2) is 51.0 Å². The lowest BCUT2D eigenvalue weighted by molar-refractivity contribution is -0.138. The van der Waals surface area contributed by atoms with Gasteiger partial charge in [0.2, 0.25) is 0 Å². The maximum absolute atomic E-state index is 12.6. The Labute approximate surface area is 214 Å². The second-order valence-electron chi connectivity index (χ2n) is 8.64. The largest absolute Gasteiger partial charge is 0.480 e. The second-order valence-corrected chi connectivity index (χ2v) is 11.5. The number of carbonyl (C=O) groups excluding carboxylic acids is 1. The maximum atomic E-state index is 12.6. The van der Waals surface area contributed by atoms with Crippen LogP contribution in [0.1, 0.15) is 29.6 Å². The van der Waals surface area contributed by atoms with Crippen molar-refractivity contribution in [2.24, 2.45) is 4.99 Å². The van der Waals surface area contributed by atoms with Crippen molar-refractivity contribution in [2.75, 3.05) is 37.6 Å². The highest BCUT2D eigenvalue weighted by atomic mass is 32.2. The van der Waals surface area contributed by atoms with E-state index in [4.69, 9.17) is 0 Å². The summed E-state index contributed by atoms with van der Waals surface area (Å²) in [5.74, 6) is -1.01. The van der Waals surface area contributed by atoms with Gasteiger partial charge in [0, 0.05) is 50.0 Å². The lowest BCUT2D eigenvalue weighted by atomic mass is 10.0. The molecule has 2 aliphatic rings. The first-order valence-corrected chi connectivity index (χ1v) is 14.1. The fraction of sp³-hybridized carbons (Fsp3) is 0.435. The van der Waals surface area contributed by atoms with Crippen molar-refractivity contribution < 1.29 is 23.1 Å². The molecule has 3 heterocycles. The third-order valence-electron chi connectivity index (χ3n) is 5.98. The number of carbonyl (C=O) groups is 2. The summed E-state index contributed by atoms with van der Waals surface area (Å²) < 4.78 is 26.8. The Bertz CT molecular complexity index is 1180. The number of sulfonamides is 1.